The zero-order chi connectivity index (χ0) is 12.0. The average Bonchev–Trinajstić information content (AvgIpc) is 2.77. The molecule has 1 aliphatic carbocycles. The lowest BCUT2D eigenvalue weighted by atomic mass is 9.98. The summed E-state index contributed by atoms with van der Waals surface area (Å²) in [6, 6.07) is 10.8. The van der Waals surface area contributed by atoms with Crippen LogP contribution in [0.15, 0.2) is 35.9 Å². The molecule has 86 valence electrons. The summed E-state index contributed by atoms with van der Waals surface area (Å²) in [7, 11) is 0. The molecule has 1 aromatic carbocycles. The fraction of sp³-hybridized carbons (Fsp3) is 0.250. The van der Waals surface area contributed by atoms with Crippen molar-refractivity contribution in [2.75, 3.05) is 0 Å². The van der Waals surface area contributed by atoms with E-state index in [0.29, 0.717) is 0 Å². The zero-order valence-electron chi connectivity index (χ0n) is 10.5. The van der Waals surface area contributed by atoms with Crippen LogP contribution in [0.4, 0.5) is 0 Å². The van der Waals surface area contributed by atoms with Gasteiger partial charge >= 0.3 is 0 Å². The highest BCUT2D eigenvalue weighted by Crippen LogP contribution is 2.45. The minimum atomic E-state index is 1.15. The van der Waals surface area contributed by atoms with E-state index in [9.17, 15) is 0 Å². The maximum Gasteiger partial charge on any atom is 0.0170 e. The highest BCUT2D eigenvalue weighted by Gasteiger charge is 2.24. The lowest BCUT2D eigenvalue weighted by molar-refractivity contribution is 1.23. The highest BCUT2D eigenvalue weighted by atomic mass is 32.1. The molecule has 0 saturated heterocycles. The molecule has 2 aromatic rings. The summed E-state index contributed by atoms with van der Waals surface area (Å²) in [4.78, 5) is 3.00. The van der Waals surface area contributed by atoms with Gasteiger partial charge in [-0.05, 0) is 37.5 Å². The summed E-state index contributed by atoms with van der Waals surface area (Å²) in [5, 5.41) is 0. The SMILES string of the molecule is CC1=C(C)c2c(sc(C)c2-c2ccccc2)C1. The zero-order valence-corrected chi connectivity index (χ0v) is 11.3. The van der Waals surface area contributed by atoms with Gasteiger partial charge in [-0.15, -0.1) is 11.3 Å². The van der Waals surface area contributed by atoms with Crippen LogP contribution in [0.5, 0.6) is 0 Å². The molecule has 0 bridgehead atoms. The predicted octanol–water partition coefficient (Wildman–Crippen LogP) is 5.07. The molecular formula is C16H16S. The van der Waals surface area contributed by atoms with E-state index < -0.39 is 0 Å². The van der Waals surface area contributed by atoms with Gasteiger partial charge in [-0.25, -0.2) is 0 Å². The summed E-state index contributed by atoms with van der Waals surface area (Å²) in [5.41, 5.74) is 7.35. The first-order valence-corrected chi connectivity index (χ1v) is 6.84. The van der Waals surface area contributed by atoms with Gasteiger partial charge in [0.25, 0.3) is 0 Å². The third kappa shape index (κ3) is 1.57. The molecule has 3 rings (SSSR count). The minimum Gasteiger partial charge on any atom is -0.144 e. The van der Waals surface area contributed by atoms with E-state index in [1.807, 2.05) is 11.3 Å². The van der Waals surface area contributed by atoms with E-state index in [2.05, 4.69) is 51.1 Å². The van der Waals surface area contributed by atoms with Crippen LogP contribution in [0.25, 0.3) is 16.7 Å². The highest BCUT2D eigenvalue weighted by molar-refractivity contribution is 7.12. The minimum absolute atomic E-state index is 1.15. The first-order chi connectivity index (χ1) is 8.18. The molecule has 0 N–H and O–H groups in total. The summed E-state index contributed by atoms with van der Waals surface area (Å²) in [6.45, 7) is 6.76. The lowest BCUT2D eigenvalue weighted by Gasteiger charge is -2.06. The largest absolute Gasteiger partial charge is 0.144 e. The summed E-state index contributed by atoms with van der Waals surface area (Å²) in [6.07, 6.45) is 1.15. The number of rotatable bonds is 1. The van der Waals surface area contributed by atoms with Crippen molar-refractivity contribution < 1.29 is 0 Å². The molecule has 1 heterocycles. The van der Waals surface area contributed by atoms with Crippen molar-refractivity contribution >= 4 is 16.9 Å². The number of benzene rings is 1. The van der Waals surface area contributed by atoms with Gasteiger partial charge in [0.05, 0.1) is 0 Å². The molecule has 0 spiro atoms. The molecule has 0 fully saturated rings. The number of hydrogen-bond acceptors (Lipinski definition) is 1. The fourth-order valence-electron chi connectivity index (χ4n) is 2.66. The molecule has 0 unspecified atom stereocenters. The Morgan fingerprint density at radius 1 is 0.941 bits per heavy atom. The maximum absolute atomic E-state index is 2.26. The standard InChI is InChI=1S/C16H16S/c1-10-9-14-15(11(10)2)16(12(3)17-14)13-7-5-4-6-8-13/h4-8H,9H2,1-3H3. The Morgan fingerprint density at radius 3 is 2.35 bits per heavy atom. The molecule has 1 aliphatic rings. The maximum atomic E-state index is 2.26. The molecule has 0 atom stereocenters. The first-order valence-electron chi connectivity index (χ1n) is 6.03. The van der Waals surface area contributed by atoms with Crippen LogP contribution >= 0.6 is 11.3 Å². The molecule has 0 nitrogen and oxygen atoms in total. The second kappa shape index (κ2) is 3.85. The Balaban J connectivity index is 2.26. The summed E-state index contributed by atoms with van der Waals surface area (Å²) < 4.78 is 0. The third-order valence-corrected chi connectivity index (χ3v) is 4.77. The monoisotopic (exact) mass is 240 g/mol. The van der Waals surface area contributed by atoms with Crippen LogP contribution in [0, 0.1) is 6.92 Å². The summed E-state index contributed by atoms with van der Waals surface area (Å²) in [5.74, 6) is 0. The molecule has 1 heteroatoms. The van der Waals surface area contributed by atoms with Gasteiger partial charge in [0, 0.05) is 21.7 Å². The number of fused-ring (bicyclic) bond motifs is 1. The van der Waals surface area contributed by atoms with E-state index in [4.69, 9.17) is 0 Å². The van der Waals surface area contributed by atoms with Crippen LogP contribution in [0.3, 0.4) is 0 Å². The normalized spacial score (nSPS) is 14.3. The number of hydrogen-bond donors (Lipinski definition) is 0. The van der Waals surface area contributed by atoms with Gasteiger partial charge in [-0.3, -0.25) is 0 Å². The molecule has 0 aliphatic heterocycles. The molecule has 0 saturated carbocycles. The molecular weight excluding hydrogens is 224 g/mol. The number of aryl methyl sites for hydroxylation is 1. The van der Waals surface area contributed by atoms with E-state index >= 15 is 0 Å². The van der Waals surface area contributed by atoms with Crippen molar-refractivity contribution in [3.8, 4) is 11.1 Å². The van der Waals surface area contributed by atoms with Gasteiger partial charge in [-0.2, -0.15) is 0 Å². The Morgan fingerprint density at radius 2 is 1.65 bits per heavy atom. The van der Waals surface area contributed by atoms with Crippen molar-refractivity contribution in [3.63, 3.8) is 0 Å². The van der Waals surface area contributed by atoms with Crippen LogP contribution < -0.4 is 0 Å². The number of thiophene rings is 1. The molecule has 17 heavy (non-hydrogen) atoms. The Kier molecular flexibility index (Phi) is 2.44. The van der Waals surface area contributed by atoms with Crippen molar-refractivity contribution in [2.45, 2.75) is 27.2 Å². The van der Waals surface area contributed by atoms with Crippen molar-refractivity contribution in [1.29, 1.82) is 0 Å². The van der Waals surface area contributed by atoms with Gasteiger partial charge < -0.3 is 0 Å². The molecule has 0 radical (unpaired) electrons. The molecule has 1 aromatic heterocycles. The average molecular weight is 240 g/mol. The lowest BCUT2D eigenvalue weighted by Crippen LogP contribution is -1.83. The van der Waals surface area contributed by atoms with Crippen molar-refractivity contribution in [3.05, 3.63) is 51.2 Å². The number of allylic oxidation sites excluding steroid dienone is 2. The summed E-state index contributed by atoms with van der Waals surface area (Å²) >= 11 is 1.96. The quantitative estimate of drug-likeness (QED) is 0.652. The second-order valence-electron chi connectivity index (χ2n) is 4.78. The van der Waals surface area contributed by atoms with Crippen molar-refractivity contribution in [1.82, 2.24) is 0 Å². The van der Waals surface area contributed by atoms with Gasteiger partial charge in [0.15, 0.2) is 0 Å². The van der Waals surface area contributed by atoms with Gasteiger partial charge in [0.1, 0.15) is 0 Å². The molecule has 0 amide bonds. The topological polar surface area (TPSA) is 0 Å². The Labute approximate surface area is 107 Å². The van der Waals surface area contributed by atoms with E-state index in [1.165, 1.54) is 32.7 Å². The fourth-order valence-corrected chi connectivity index (χ4v) is 4.00. The van der Waals surface area contributed by atoms with E-state index in [-0.39, 0.29) is 0 Å². The van der Waals surface area contributed by atoms with Crippen LogP contribution in [0.2, 0.25) is 0 Å². The van der Waals surface area contributed by atoms with Gasteiger partial charge in [0.2, 0.25) is 0 Å². The van der Waals surface area contributed by atoms with E-state index in [1.54, 1.807) is 4.88 Å². The van der Waals surface area contributed by atoms with Gasteiger partial charge in [-0.1, -0.05) is 35.9 Å². The van der Waals surface area contributed by atoms with Crippen LogP contribution in [-0.2, 0) is 6.42 Å². The Bertz CT molecular complexity index is 600. The van der Waals surface area contributed by atoms with Crippen LogP contribution in [0.1, 0.15) is 29.2 Å². The first kappa shape index (κ1) is 10.8. The second-order valence-corrected chi connectivity index (χ2v) is 6.09. The van der Waals surface area contributed by atoms with E-state index in [0.717, 1.165) is 6.42 Å². The smallest absolute Gasteiger partial charge is 0.0170 e. The Hall–Kier alpha value is -1.34. The van der Waals surface area contributed by atoms with Crippen LogP contribution in [-0.4, -0.2) is 0 Å². The van der Waals surface area contributed by atoms with Crippen molar-refractivity contribution in [2.24, 2.45) is 0 Å². The predicted molar refractivity (Wildman–Crippen MR) is 76.5 cm³/mol. The third-order valence-electron chi connectivity index (χ3n) is 3.66.